The first-order valence-corrected chi connectivity index (χ1v) is 12.9. The van der Waals surface area contributed by atoms with Crippen LogP contribution in [0, 0.1) is 5.82 Å². The topological polar surface area (TPSA) is 122 Å². The van der Waals surface area contributed by atoms with Gasteiger partial charge in [0.2, 0.25) is 21.8 Å². The van der Waals surface area contributed by atoms with E-state index in [0.29, 0.717) is 22.1 Å². The Bertz CT molecular complexity index is 1360. The van der Waals surface area contributed by atoms with E-state index in [4.69, 9.17) is 5.14 Å². The molecule has 0 radical (unpaired) electrons. The lowest BCUT2D eigenvalue weighted by Gasteiger charge is -2.32. The highest BCUT2D eigenvalue weighted by atomic mass is 32.2. The number of hydrogen-bond acceptors (Lipinski definition) is 6. The quantitative estimate of drug-likeness (QED) is 0.522. The van der Waals surface area contributed by atoms with Crippen LogP contribution in [0.5, 0.6) is 0 Å². The normalized spacial score (nSPS) is 17.4. The average molecular weight is 513 g/mol. The molecule has 0 aromatic heterocycles. The summed E-state index contributed by atoms with van der Waals surface area (Å²) in [6.07, 6.45) is -0.0687. The molecule has 1 unspecified atom stereocenters. The third-order valence-electron chi connectivity index (χ3n) is 5.12. The Morgan fingerprint density at radius 1 is 1.06 bits per heavy atom. The van der Waals surface area contributed by atoms with E-state index in [1.54, 1.807) is 24.3 Å². The number of aliphatic imine (C=N–C) groups is 1. The Labute approximate surface area is 206 Å². The number of hydrogen-bond donors (Lipinski definition) is 2. The predicted molar refractivity (Wildman–Crippen MR) is 133 cm³/mol. The number of carbonyl (C=O) groups excluding carboxylic acids is 2. The lowest BCUT2D eigenvalue weighted by atomic mass is 10.2. The molecule has 1 aliphatic rings. The van der Waals surface area contributed by atoms with Crippen LogP contribution >= 0.6 is 11.8 Å². The molecule has 1 saturated heterocycles. The van der Waals surface area contributed by atoms with Gasteiger partial charge in [-0.2, -0.15) is 0 Å². The van der Waals surface area contributed by atoms with Gasteiger partial charge in [0.25, 0.3) is 0 Å². The molecule has 1 aliphatic heterocycles. The first-order chi connectivity index (χ1) is 16.7. The molecule has 35 heavy (non-hydrogen) atoms. The smallest absolute Gasteiger partial charge is 0.238 e. The molecule has 3 aromatic carbocycles. The maximum atomic E-state index is 13.2. The molecule has 1 atom stereocenters. The van der Waals surface area contributed by atoms with E-state index in [9.17, 15) is 22.4 Å². The molecule has 180 valence electrons. The van der Waals surface area contributed by atoms with Crippen LogP contribution in [0.25, 0.3) is 0 Å². The van der Waals surface area contributed by atoms with E-state index in [2.05, 4.69) is 10.3 Å². The minimum atomic E-state index is -3.83. The van der Waals surface area contributed by atoms with Crippen LogP contribution in [0.3, 0.4) is 0 Å². The van der Waals surface area contributed by atoms with E-state index >= 15 is 0 Å². The summed E-state index contributed by atoms with van der Waals surface area (Å²) in [7, 11) is -3.83. The van der Waals surface area contributed by atoms with Gasteiger partial charge in [-0.25, -0.2) is 22.9 Å². The Morgan fingerprint density at radius 3 is 2.34 bits per heavy atom. The van der Waals surface area contributed by atoms with Crippen molar-refractivity contribution in [2.45, 2.75) is 23.1 Å². The van der Waals surface area contributed by atoms with Gasteiger partial charge in [0.05, 0.1) is 17.1 Å². The summed E-state index contributed by atoms with van der Waals surface area (Å²) in [4.78, 5) is 32.0. The highest BCUT2D eigenvalue weighted by molar-refractivity contribution is 8.15. The maximum absolute atomic E-state index is 13.2. The molecule has 0 aliphatic carbocycles. The van der Waals surface area contributed by atoms with Gasteiger partial charge in [-0.05, 0) is 54.1 Å². The average Bonchev–Trinajstić information content (AvgIpc) is 2.83. The standard InChI is InChI=1S/C24H21FN4O4S2/c25-17-8-10-19(11-9-17)27-23(31)21-14-22(30)29(24(34-21)28-18-4-2-1-3-5-18)15-16-6-12-20(13-7-16)35(26,32)33/h1-13,21H,14-15H2,(H,27,31)(H2,26,32,33). The van der Waals surface area contributed by atoms with E-state index in [1.165, 1.54) is 41.3 Å². The summed E-state index contributed by atoms with van der Waals surface area (Å²) in [5, 5.41) is 7.46. The molecule has 4 rings (SSSR count). The number of thioether (sulfide) groups is 1. The second-order valence-electron chi connectivity index (χ2n) is 7.71. The fourth-order valence-corrected chi connectivity index (χ4v) is 4.95. The van der Waals surface area contributed by atoms with Gasteiger partial charge in [0.15, 0.2) is 5.17 Å². The van der Waals surface area contributed by atoms with Crippen molar-refractivity contribution in [3.63, 3.8) is 0 Å². The highest BCUT2D eigenvalue weighted by Crippen LogP contribution is 2.31. The lowest BCUT2D eigenvalue weighted by Crippen LogP contribution is -2.44. The van der Waals surface area contributed by atoms with Crippen molar-refractivity contribution in [1.82, 2.24) is 4.90 Å². The van der Waals surface area contributed by atoms with Crippen molar-refractivity contribution in [3.05, 3.63) is 90.2 Å². The molecular weight excluding hydrogens is 491 g/mol. The number of primary sulfonamides is 1. The molecule has 3 aromatic rings. The minimum Gasteiger partial charge on any atom is -0.325 e. The maximum Gasteiger partial charge on any atom is 0.238 e. The number of nitrogens with one attached hydrogen (secondary N) is 1. The largest absolute Gasteiger partial charge is 0.325 e. The van der Waals surface area contributed by atoms with Crippen molar-refractivity contribution in [2.24, 2.45) is 10.1 Å². The number of amides is 2. The van der Waals surface area contributed by atoms with Crippen molar-refractivity contribution >= 4 is 50.1 Å². The number of carbonyl (C=O) groups is 2. The van der Waals surface area contributed by atoms with Crippen LogP contribution in [0.1, 0.15) is 12.0 Å². The van der Waals surface area contributed by atoms with Crippen LogP contribution in [-0.2, 0) is 26.2 Å². The minimum absolute atomic E-state index is 0.0312. The number of halogens is 1. The fourth-order valence-electron chi connectivity index (χ4n) is 3.33. The second-order valence-corrected chi connectivity index (χ2v) is 10.4. The summed E-state index contributed by atoms with van der Waals surface area (Å²) in [5.41, 5.74) is 1.70. The van der Waals surface area contributed by atoms with Gasteiger partial charge >= 0.3 is 0 Å². The number of sulfonamides is 1. The Balaban J connectivity index is 1.58. The molecule has 2 amide bonds. The molecule has 3 N–H and O–H groups in total. The summed E-state index contributed by atoms with van der Waals surface area (Å²) < 4.78 is 36.2. The lowest BCUT2D eigenvalue weighted by molar-refractivity contribution is -0.129. The second kappa shape index (κ2) is 10.4. The van der Waals surface area contributed by atoms with Gasteiger partial charge < -0.3 is 5.32 Å². The third kappa shape index (κ3) is 6.32. The first-order valence-electron chi connectivity index (χ1n) is 10.5. The molecule has 8 nitrogen and oxygen atoms in total. The predicted octanol–water partition coefficient (Wildman–Crippen LogP) is 3.63. The number of nitrogens with zero attached hydrogens (tertiary/aromatic N) is 2. The molecule has 0 saturated carbocycles. The number of amidine groups is 1. The number of para-hydroxylation sites is 1. The van der Waals surface area contributed by atoms with Crippen molar-refractivity contribution in [1.29, 1.82) is 0 Å². The summed E-state index contributed by atoms with van der Waals surface area (Å²) in [6, 6.07) is 20.3. The van der Waals surface area contributed by atoms with Gasteiger partial charge in [-0.3, -0.25) is 14.5 Å². The Kier molecular flexibility index (Phi) is 7.29. The highest BCUT2D eigenvalue weighted by Gasteiger charge is 2.36. The van der Waals surface area contributed by atoms with Gasteiger partial charge in [-0.1, -0.05) is 42.1 Å². The van der Waals surface area contributed by atoms with Crippen molar-refractivity contribution in [2.75, 3.05) is 5.32 Å². The summed E-state index contributed by atoms with van der Waals surface area (Å²) in [6.45, 7) is 0.134. The van der Waals surface area contributed by atoms with E-state index < -0.39 is 27.0 Å². The van der Waals surface area contributed by atoms with Gasteiger partial charge in [-0.15, -0.1) is 0 Å². The van der Waals surface area contributed by atoms with Crippen LogP contribution in [0.15, 0.2) is 88.8 Å². The Morgan fingerprint density at radius 2 is 1.71 bits per heavy atom. The molecule has 1 heterocycles. The first kappa shape index (κ1) is 24.6. The van der Waals surface area contributed by atoms with Crippen LogP contribution in [0.2, 0.25) is 0 Å². The van der Waals surface area contributed by atoms with Crippen molar-refractivity contribution < 1.29 is 22.4 Å². The zero-order valence-corrected chi connectivity index (χ0v) is 19.9. The molecule has 1 fully saturated rings. The van der Waals surface area contributed by atoms with E-state index in [-0.39, 0.29) is 23.8 Å². The summed E-state index contributed by atoms with van der Waals surface area (Å²) >= 11 is 1.15. The molecule has 11 heteroatoms. The SMILES string of the molecule is NS(=O)(=O)c1ccc(CN2C(=O)CC(C(=O)Nc3ccc(F)cc3)SC2=Nc2ccccc2)cc1. The van der Waals surface area contributed by atoms with Crippen LogP contribution in [0.4, 0.5) is 15.8 Å². The monoisotopic (exact) mass is 512 g/mol. The van der Waals surface area contributed by atoms with Crippen LogP contribution < -0.4 is 10.5 Å². The fraction of sp³-hybridized carbons (Fsp3) is 0.125. The number of benzene rings is 3. The van der Waals surface area contributed by atoms with Crippen LogP contribution in [-0.4, -0.2) is 35.5 Å². The van der Waals surface area contributed by atoms with Gasteiger partial charge in [0.1, 0.15) is 11.1 Å². The van der Waals surface area contributed by atoms with Crippen molar-refractivity contribution in [3.8, 4) is 0 Å². The number of anilines is 1. The zero-order valence-electron chi connectivity index (χ0n) is 18.3. The van der Waals surface area contributed by atoms with Gasteiger partial charge in [0, 0.05) is 12.1 Å². The third-order valence-corrected chi connectivity index (χ3v) is 7.23. The zero-order chi connectivity index (χ0) is 25.0. The molecular formula is C24H21FN4O4S2. The van der Waals surface area contributed by atoms with E-state index in [0.717, 1.165) is 11.8 Å². The Hall–Kier alpha value is -3.54. The van der Waals surface area contributed by atoms with E-state index in [1.807, 2.05) is 18.2 Å². The summed E-state index contributed by atoms with van der Waals surface area (Å²) in [5.74, 6) is -1.13. The molecule has 0 bridgehead atoms. The number of rotatable bonds is 6. The number of nitrogens with two attached hydrogens (primary N) is 1. The molecule has 0 spiro atoms.